The second-order valence-electron chi connectivity index (χ2n) is 12.0. The van der Waals surface area contributed by atoms with E-state index in [2.05, 4.69) is 5.32 Å². The zero-order valence-electron chi connectivity index (χ0n) is 26.2. The number of rotatable bonds is 10. The number of halogens is 2. The highest BCUT2D eigenvalue weighted by Gasteiger charge is 2.45. The number of sulfonamides is 1. The average molecular weight is 672 g/mol. The van der Waals surface area contributed by atoms with Gasteiger partial charge in [0.2, 0.25) is 27.7 Å². The zero-order chi connectivity index (χ0) is 33.2. The number of hydrogen-bond donors (Lipinski definition) is 1. The van der Waals surface area contributed by atoms with Crippen molar-refractivity contribution in [3.63, 3.8) is 0 Å². The van der Waals surface area contributed by atoms with E-state index in [1.54, 1.807) is 35.2 Å². The van der Waals surface area contributed by atoms with E-state index in [-0.39, 0.29) is 36.0 Å². The van der Waals surface area contributed by atoms with E-state index in [4.69, 9.17) is 11.6 Å². The second-order valence-corrected chi connectivity index (χ2v) is 14.3. The summed E-state index contributed by atoms with van der Waals surface area (Å²) < 4.78 is 45.4. The van der Waals surface area contributed by atoms with Crippen LogP contribution in [0.1, 0.15) is 39.0 Å². The molecule has 0 spiro atoms. The molecule has 2 saturated heterocycles. The summed E-state index contributed by atoms with van der Waals surface area (Å²) in [6.45, 7) is 2.93. The first kappa shape index (κ1) is 33.8. The quantitative estimate of drug-likeness (QED) is 0.342. The van der Waals surface area contributed by atoms with Gasteiger partial charge in [-0.3, -0.25) is 14.4 Å². The third-order valence-electron chi connectivity index (χ3n) is 8.54. The first-order chi connectivity index (χ1) is 21.9. The number of benzene rings is 3. The predicted molar refractivity (Wildman–Crippen MR) is 177 cm³/mol. The molecule has 0 aromatic heterocycles. The highest BCUT2D eigenvalue weighted by atomic mass is 35.5. The molecule has 5 rings (SSSR count). The third-order valence-corrected chi connectivity index (χ3v) is 10.8. The van der Waals surface area contributed by atoms with Crippen molar-refractivity contribution in [2.75, 3.05) is 50.1 Å². The molecule has 0 bridgehead atoms. The molecule has 1 N–H and O–H groups in total. The number of likely N-dealkylation sites (N-methyl/N-ethyl adjacent to an activating group) is 1. The number of nitrogens with zero attached hydrogens (tertiary/aromatic N) is 4. The van der Waals surface area contributed by atoms with Crippen LogP contribution < -0.4 is 15.1 Å². The number of anilines is 2. The maximum absolute atomic E-state index is 15.6. The topological polar surface area (TPSA) is 110 Å². The van der Waals surface area contributed by atoms with Crippen molar-refractivity contribution < 1.29 is 27.2 Å². The third kappa shape index (κ3) is 7.05. The van der Waals surface area contributed by atoms with Crippen LogP contribution in [0.3, 0.4) is 0 Å². The molecule has 2 heterocycles. The molecule has 0 aliphatic carbocycles. The summed E-state index contributed by atoms with van der Waals surface area (Å²) in [6.07, 6.45) is 2.52. The Morgan fingerprint density at radius 2 is 1.72 bits per heavy atom. The van der Waals surface area contributed by atoms with Crippen molar-refractivity contribution in [1.82, 2.24) is 14.5 Å². The highest BCUT2D eigenvalue weighted by Crippen LogP contribution is 2.34. The van der Waals surface area contributed by atoms with E-state index in [0.29, 0.717) is 42.0 Å². The van der Waals surface area contributed by atoms with E-state index in [9.17, 15) is 22.8 Å². The molecule has 0 radical (unpaired) electrons. The molecule has 13 heteroatoms. The Morgan fingerprint density at radius 3 is 2.43 bits per heavy atom. The van der Waals surface area contributed by atoms with Gasteiger partial charge in [-0.25, -0.2) is 12.8 Å². The number of piperidine rings is 2. The number of hydrogen-bond acceptors (Lipinski definition) is 6. The van der Waals surface area contributed by atoms with Crippen LogP contribution in [-0.2, 0) is 24.4 Å². The Hall–Kier alpha value is -3.58. The van der Waals surface area contributed by atoms with Gasteiger partial charge in [0.15, 0.2) is 0 Å². The molecule has 2 unspecified atom stereocenters. The normalized spacial score (nSPS) is 18.5. The van der Waals surface area contributed by atoms with E-state index in [1.807, 2.05) is 19.0 Å². The van der Waals surface area contributed by atoms with Crippen molar-refractivity contribution >= 4 is 61.5 Å². The Morgan fingerprint density at radius 1 is 1.00 bits per heavy atom. The average Bonchev–Trinajstić information content (AvgIpc) is 3.01. The summed E-state index contributed by atoms with van der Waals surface area (Å²) >= 11 is 6.12. The number of fused-ring (bicyclic) bond motifs is 1. The highest BCUT2D eigenvalue weighted by molar-refractivity contribution is 7.89. The molecule has 3 amide bonds. The van der Waals surface area contributed by atoms with Gasteiger partial charge in [-0.05, 0) is 99.9 Å². The number of carbonyl (C=O) groups excluding carboxylic acids is 3. The fourth-order valence-electron chi connectivity index (χ4n) is 6.08. The zero-order valence-corrected chi connectivity index (χ0v) is 27.8. The molecule has 46 heavy (non-hydrogen) atoms. The Balaban J connectivity index is 1.49. The summed E-state index contributed by atoms with van der Waals surface area (Å²) in [5.41, 5.74) is 0.405. The van der Waals surface area contributed by atoms with Crippen molar-refractivity contribution in [2.24, 2.45) is 0 Å². The smallest absolute Gasteiger partial charge is 0.245 e. The minimum atomic E-state index is -4.42. The Kier molecular flexibility index (Phi) is 10.3. The standard InChI is InChI=1S/C33H39ClFN5O5S/c1-22(32(42)36-15-18-37(2)3)40(46(44,45)27-13-10-23-19-25(34)11-9-24(23)20-27)30-7-6-17-39(33(30)43)29-14-12-26(21-28(29)35)38-16-5-4-8-31(38)41/h9-14,19-22,30H,4-8,15-18H2,1-3H3,(H,36,42). The molecular weight excluding hydrogens is 633 g/mol. The molecule has 3 aromatic carbocycles. The van der Waals surface area contributed by atoms with E-state index < -0.39 is 39.7 Å². The molecule has 2 aliphatic rings. The van der Waals surface area contributed by atoms with Gasteiger partial charge in [0.1, 0.15) is 17.9 Å². The van der Waals surface area contributed by atoms with Crippen molar-refractivity contribution in [3.05, 3.63) is 65.4 Å². The first-order valence-corrected chi connectivity index (χ1v) is 17.3. The summed E-state index contributed by atoms with van der Waals surface area (Å²) in [4.78, 5) is 44.5. The van der Waals surface area contributed by atoms with Gasteiger partial charge in [-0.1, -0.05) is 23.7 Å². The lowest BCUT2D eigenvalue weighted by molar-refractivity contribution is -0.128. The molecule has 3 aromatic rings. The SMILES string of the molecule is CC(C(=O)NCCN(C)C)N(C1CCCN(c2ccc(N3CCCCC3=O)cc2F)C1=O)S(=O)(=O)c1ccc2cc(Cl)ccc2c1. The van der Waals surface area contributed by atoms with Gasteiger partial charge in [-0.15, -0.1) is 0 Å². The van der Waals surface area contributed by atoms with Crippen molar-refractivity contribution in [3.8, 4) is 0 Å². The lowest BCUT2D eigenvalue weighted by Crippen LogP contribution is -2.60. The molecular formula is C33H39ClFN5O5S. The van der Waals surface area contributed by atoms with Crippen LogP contribution in [0.5, 0.6) is 0 Å². The van der Waals surface area contributed by atoms with Crippen molar-refractivity contribution in [2.45, 2.75) is 56.0 Å². The Bertz CT molecular complexity index is 1750. The number of nitrogens with one attached hydrogen (secondary N) is 1. The van der Waals surface area contributed by atoms with Gasteiger partial charge in [-0.2, -0.15) is 4.31 Å². The number of amides is 3. The molecule has 0 saturated carbocycles. The van der Waals surface area contributed by atoms with Crippen LogP contribution in [0.4, 0.5) is 15.8 Å². The van der Waals surface area contributed by atoms with Crippen LogP contribution >= 0.6 is 11.6 Å². The van der Waals surface area contributed by atoms with Crippen LogP contribution in [0.2, 0.25) is 5.02 Å². The fraction of sp³-hybridized carbons (Fsp3) is 0.424. The predicted octanol–water partition coefficient (Wildman–Crippen LogP) is 4.40. The van der Waals surface area contributed by atoms with Crippen molar-refractivity contribution in [1.29, 1.82) is 0 Å². The Labute approximate surface area is 274 Å². The monoisotopic (exact) mass is 671 g/mol. The first-order valence-electron chi connectivity index (χ1n) is 15.4. The van der Waals surface area contributed by atoms with Gasteiger partial charge in [0.25, 0.3) is 0 Å². The lowest BCUT2D eigenvalue weighted by Gasteiger charge is -2.40. The summed E-state index contributed by atoms with van der Waals surface area (Å²) in [6, 6.07) is 11.4. The van der Waals surface area contributed by atoms with Gasteiger partial charge >= 0.3 is 0 Å². The maximum atomic E-state index is 15.6. The summed E-state index contributed by atoms with van der Waals surface area (Å²) in [7, 11) is -0.717. The van der Waals surface area contributed by atoms with E-state index in [0.717, 1.165) is 22.5 Å². The maximum Gasteiger partial charge on any atom is 0.245 e. The second kappa shape index (κ2) is 14.0. The minimum absolute atomic E-state index is 0.00840. The number of carbonyl (C=O) groups is 3. The van der Waals surface area contributed by atoms with Gasteiger partial charge in [0, 0.05) is 43.3 Å². The fourth-order valence-corrected chi connectivity index (χ4v) is 8.06. The van der Waals surface area contributed by atoms with E-state index >= 15 is 4.39 Å². The van der Waals surface area contributed by atoms with Crippen LogP contribution in [0, 0.1) is 5.82 Å². The largest absolute Gasteiger partial charge is 0.353 e. The summed E-state index contributed by atoms with van der Waals surface area (Å²) in [5.74, 6) is -1.95. The molecule has 246 valence electrons. The van der Waals surface area contributed by atoms with Crippen LogP contribution in [0.15, 0.2) is 59.5 Å². The lowest BCUT2D eigenvalue weighted by atomic mass is 10.0. The molecule has 10 nitrogen and oxygen atoms in total. The van der Waals surface area contributed by atoms with Crippen LogP contribution in [-0.4, -0.2) is 87.7 Å². The molecule has 2 aliphatic heterocycles. The molecule has 2 fully saturated rings. The minimum Gasteiger partial charge on any atom is -0.353 e. The molecule has 2 atom stereocenters. The van der Waals surface area contributed by atoms with Gasteiger partial charge < -0.3 is 20.0 Å². The van der Waals surface area contributed by atoms with Gasteiger partial charge in [0.05, 0.1) is 10.6 Å². The van der Waals surface area contributed by atoms with Crippen LogP contribution in [0.25, 0.3) is 10.8 Å². The van der Waals surface area contributed by atoms with E-state index in [1.165, 1.54) is 36.1 Å². The summed E-state index contributed by atoms with van der Waals surface area (Å²) in [5, 5.41) is 4.64.